The molecule has 0 saturated heterocycles. The molecular weight excluding hydrogens is 457 g/mol. The number of carbonyl (C=O) groups is 1. The van der Waals surface area contributed by atoms with Crippen molar-refractivity contribution >= 4 is 23.3 Å². The Balaban J connectivity index is 1.38. The smallest absolute Gasteiger partial charge is 0.256 e. The van der Waals surface area contributed by atoms with Gasteiger partial charge in [-0.05, 0) is 55.0 Å². The van der Waals surface area contributed by atoms with Crippen LogP contribution in [0, 0.1) is 5.82 Å². The minimum absolute atomic E-state index is 0.195. The first-order valence-electron chi connectivity index (χ1n) is 10.7. The molecule has 1 aromatic heterocycles. The number of amides is 1. The van der Waals surface area contributed by atoms with E-state index in [1.165, 1.54) is 10.7 Å². The second kappa shape index (κ2) is 10.9. The van der Waals surface area contributed by atoms with Gasteiger partial charge in [-0.2, -0.15) is 5.10 Å². The minimum Gasteiger partial charge on any atom is -0.494 e. The number of halogens is 2. The average molecular weight is 480 g/mol. The Morgan fingerprint density at radius 3 is 2.50 bits per heavy atom. The van der Waals surface area contributed by atoms with E-state index in [1.54, 1.807) is 42.6 Å². The SMILES string of the molecule is CCOc1ccc(OCc2cccc(C(=O)Nc3nn(Cc4ccccc4F)cc3Cl)c2)cc1. The molecule has 3 aromatic carbocycles. The maximum atomic E-state index is 13.9. The van der Waals surface area contributed by atoms with Crippen LogP contribution in [0.1, 0.15) is 28.4 Å². The molecule has 4 aromatic rings. The van der Waals surface area contributed by atoms with Gasteiger partial charge in [0.1, 0.15) is 28.9 Å². The second-order valence-electron chi connectivity index (χ2n) is 7.46. The lowest BCUT2D eigenvalue weighted by Crippen LogP contribution is -2.13. The first-order chi connectivity index (χ1) is 16.5. The summed E-state index contributed by atoms with van der Waals surface area (Å²) in [5, 5.41) is 7.26. The first-order valence-corrected chi connectivity index (χ1v) is 11.1. The fourth-order valence-corrected chi connectivity index (χ4v) is 3.51. The molecule has 0 spiro atoms. The van der Waals surface area contributed by atoms with Gasteiger partial charge in [0.05, 0.1) is 13.2 Å². The maximum absolute atomic E-state index is 13.9. The highest BCUT2D eigenvalue weighted by Crippen LogP contribution is 2.22. The van der Waals surface area contributed by atoms with Crippen molar-refractivity contribution in [2.75, 3.05) is 11.9 Å². The van der Waals surface area contributed by atoms with Gasteiger partial charge in [0.15, 0.2) is 5.82 Å². The van der Waals surface area contributed by atoms with Gasteiger partial charge in [-0.1, -0.05) is 41.9 Å². The van der Waals surface area contributed by atoms with Crippen molar-refractivity contribution in [2.24, 2.45) is 0 Å². The monoisotopic (exact) mass is 479 g/mol. The van der Waals surface area contributed by atoms with Gasteiger partial charge < -0.3 is 14.8 Å². The third-order valence-corrected chi connectivity index (χ3v) is 5.25. The number of ether oxygens (including phenoxy) is 2. The number of anilines is 1. The lowest BCUT2D eigenvalue weighted by atomic mass is 10.1. The zero-order chi connectivity index (χ0) is 23.9. The molecule has 8 heteroatoms. The number of hydrogen-bond acceptors (Lipinski definition) is 4. The molecule has 1 heterocycles. The molecule has 0 aliphatic carbocycles. The van der Waals surface area contributed by atoms with Gasteiger partial charge in [0.2, 0.25) is 0 Å². The van der Waals surface area contributed by atoms with Crippen molar-refractivity contribution in [3.63, 3.8) is 0 Å². The van der Waals surface area contributed by atoms with Gasteiger partial charge in [-0.3, -0.25) is 9.48 Å². The van der Waals surface area contributed by atoms with Crippen molar-refractivity contribution in [3.05, 3.63) is 107 Å². The predicted octanol–water partition coefficient (Wildman–Crippen LogP) is 5.95. The second-order valence-corrected chi connectivity index (χ2v) is 7.87. The predicted molar refractivity (Wildman–Crippen MR) is 129 cm³/mol. The highest BCUT2D eigenvalue weighted by molar-refractivity contribution is 6.33. The molecule has 0 bridgehead atoms. The molecule has 0 saturated carbocycles. The van der Waals surface area contributed by atoms with Crippen LogP contribution in [0.25, 0.3) is 0 Å². The molecule has 6 nitrogen and oxygen atoms in total. The Labute approximate surface area is 201 Å². The summed E-state index contributed by atoms with van der Waals surface area (Å²) in [6.45, 7) is 3.03. The molecule has 0 unspecified atom stereocenters. The normalized spacial score (nSPS) is 10.7. The van der Waals surface area contributed by atoms with E-state index < -0.39 is 0 Å². The quantitative estimate of drug-likeness (QED) is 0.322. The van der Waals surface area contributed by atoms with E-state index in [0.29, 0.717) is 30.1 Å². The number of carbonyl (C=O) groups excluding carboxylic acids is 1. The summed E-state index contributed by atoms with van der Waals surface area (Å²) in [6.07, 6.45) is 1.55. The van der Waals surface area contributed by atoms with Crippen LogP contribution in [0.5, 0.6) is 11.5 Å². The highest BCUT2D eigenvalue weighted by Gasteiger charge is 2.14. The average Bonchev–Trinajstić information content (AvgIpc) is 3.19. The summed E-state index contributed by atoms with van der Waals surface area (Å²) in [4.78, 5) is 12.8. The topological polar surface area (TPSA) is 65.4 Å². The minimum atomic E-state index is -0.360. The van der Waals surface area contributed by atoms with E-state index in [9.17, 15) is 9.18 Å². The molecule has 0 fully saturated rings. The fraction of sp³-hybridized carbons (Fsp3) is 0.154. The van der Waals surface area contributed by atoms with Gasteiger partial charge in [0, 0.05) is 17.3 Å². The Morgan fingerprint density at radius 2 is 1.76 bits per heavy atom. The molecule has 34 heavy (non-hydrogen) atoms. The van der Waals surface area contributed by atoms with Crippen LogP contribution in [-0.4, -0.2) is 22.3 Å². The van der Waals surface area contributed by atoms with Gasteiger partial charge in [-0.15, -0.1) is 0 Å². The number of rotatable bonds is 9. The van der Waals surface area contributed by atoms with Crippen molar-refractivity contribution in [1.82, 2.24) is 9.78 Å². The van der Waals surface area contributed by atoms with Crippen LogP contribution < -0.4 is 14.8 Å². The van der Waals surface area contributed by atoms with Gasteiger partial charge >= 0.3 is 0 Å². The molecule has 0 atom stereocenters. The summed E-state index contributed by atoms with van der Waals surface area (Å²) >= 11 is 6.24. The zero-order valence-electron chi connectivity index (χ0n) is 18.5. The van der Waals surface area contributed by atoms with Crippen LogP contribution >= 0.6 is 11.6 Å². The summed E-state index contributed by atoms with van der Waals surface area (Å²) in [6, 6.07) is 20.9. The Morgan fingerprint density at radius 1 is 1.03 bits per heavy atom. The Hall–Kier alpha value is -3.84. The largest absolute Gasteiger partial charge is 0.494 e. The number of benzene rings is 3. The van der Waals surface area contributed by atoms with Crippen molar-refractivity contribution in [3.8, 4) is 11.5 Å². The third kappa shape index (κ3) is 5.94. The number of nitrogens with zero attached hydrogens (tertiary/aromatic N) is 2. The van der Waals surface area contributed by atoms with Crippen LogP contribution in [0.2, 0.25) is 5.02 Å². The summed E-state index contributed by atoms with van der Waals surface area (Å²) in [5.41, 5.74) is 1.74. The highest BCUT2D eigenvalue weighted by atomic mass is 35.5. The molecular formula is C26H23ClFN3O3. The van der Waals surface area contributed by atoms with Crippen LogP contribution in [0.3, 0.4) is 0 Å². The summed E-state index contributed by atoms with van der Waals surface area (Å²) < 4.78 is 26.6. The van der Waals surface area contributed by atoms with Crippen LogP contribution in [0.15, 0.2) is 79.0 Å². The van der Waals surface area contributed by atoms with Crippen molar-refractivity contribution in [1.29, 1.82) is 0 Å². The molecule has 1 amide bonds. The van der Waals surface area contributed by atoms with Gasteiger partial charge in [-0.25, -0.2) is 4.39 Å². The zero-order valence-corrected chi connectivity index (χ0v) is 19.3. The van der Waals surface area contributed by atoms with Crippen LogP contribution in [-0.2, 0) is 13.2 Å². The Kier molecular flexibility index (Phi) is 7.44. The standard InChI is InChI=1S/C26H23ClFN3O3/c1-2-33-21-10-12-22(13-11-21)34-17-18-6-5-8-19(14-18)26(32)29-25-23(27)16-31(30-25)15-20-7-3-4-9-24(20)28/h3-14,16H,2,15,17H2,1H3,(H,29,30,32). The third-order valence-electron chi connectivity index (χ3n) is 4.97. The van der Waals surface area contributed by atoms with E-state index in [4.69, 9.17) is 21.1 Å². The Bertz CT molecular complexity index is 1270. The molecule has 4 rings (SSSR count). The van der Waals surface area contributed by atoms with Crippen molar-refractivity contribution in [2.45, 2.75) is 20.1 Å². The molecule has 0 radical (unpaired) electrons. The van der Waals surface area contributed by atoms with Crippen molar-refractivity contribution < 1.29 is 18.7 Å². The van der Waals surface area contributed by atoms with Crippen LogP contribution in [0.4, 0.5) is 10.2 Å². The van der Waals surface area contributed by atoms with E-state index in [1.807, 2.05) is 37.3 Å². The molecule has 174 valence electrons. The lowest BCUT2D eigenvalue weighted by molar-refractivity contribution is 0.102. The fourth-order valence-electron chi connectivity index (χ4n) is 3.31. The number of nitrogens with one attached hydrogen (secondary N) is 1. The summed E-state index contributed by atoms with van der Waals surface area (Å²) in [5.74, 6) is 0.998. The van der Waals surface area contributed by atoms with E-state index >= 15 is 0 Å². The molecule has 0 aliphatic heterocycles. The number of hydrogen-bond donors (Lipinski definition) is 1. The van der Waals surface area contributed by atoms with E-state index in [2.05, 4.69) is 10.4 Å². The first kappa shape index (κ1) is 23.3. The number of aromatic nitrogens is 2. The van der Waals surface area contributed by atoms with Gasteiger partial charge in [0.25, 0.3) is 5.91 Å². The maximum Gasteiger partial charge on any atom is 0.256 e. The molecule has 0 aliphatic rings. The van der Waals surface area contributed by atoms with E-state index in [0.717, 1.165) is 11.3 Å². The summed E-state index contributed by atoms with van der Waals surface area (Å²) in [7, 11) is 0. The van der Waals surface area contributed by atoms with E-state index in [-0.39, 0.29) is 29.1 Å². The lowest BCUT2D eigenvalue weighted by Gasteiger charge is -2.09. The molecule has 1 N–H and O–H groups in total.